The maximum absolute atomic E-state index is 11.2. The van der Waals surface area contributed by atoms with Gasteiger partial charge in [-0.1, -0.05) is 0 Å². The van der Waals surface area contributed by atoms with Crippen molar-refractivity contribution in [3.8, 4) is 12.3 Å². The minimum atomic E-state index is -0.0391. The van der Waals surface area contributed by atoms with Gasteiger partial charge in [0.1, 0.15) is 6.33 Å². The molecule has 0 aliphatic heterocycles. The number of ketones is 1. The Balaban J connectivity index is 2.36. The van der Waals surface area contributed by atoms with Crippen LogP contribution in [0.3, 0.4) is 0 Å². The lowest BCUT2D eigenvalue weighted by atomic mass is 10.2. The fourth-order valence-electron chi connectivity index (χ4n) is 0.809. The maximum Gasteiger partial charge on any atom is 0.199 e. The van der Waals surface area contributed by atoms with Crippen molar-refractivity contribution in [3.05, 3.63) is 12.2 Å². The number of nitrogens with zero attached hydrogens (tertiary/aromatic N) is 2. The Morgan fingerprint density at radius 3 is 3.17 bits per heavy atom. The second-order valence-electron chi connectivity index (χ2n) is 2.31. The molecule has 0 atom stereocenters. The van der Waals surface area contributed by atoms with E-state index in [2.05, 4.69) is 21.1 Å². The molecule has 0 spiro atoms. The number of rotatable bonds is 4. The van der Waals surface area contributed by atoms with Gasteiger partial charge in [0.2, 0.25) is 0 Å². The Kier molecular flexibility index (Phi) is 3.03. The first-order valence-electron chi connectivity index (χ1n) is 3.66. The number of hydrogen-bond donors (Lipinski definition) is 1. The van der Waals surface area contributed by atoms with E-state index < -0.39 is 0 Å². The highest BCUT2D eigenvalue weighted by Crippen LogP contribution is 2.00. The first kappa shape index (κ1) is 8.47. The van der Waals surface area contributed by atoms with E-state index in [4.69, 9.17) is 6.42 Å². The number of aromatic nitrogens is 3. The monoisotopic (exact) mass is 163 g/mol. The van der Waals surface area contributed by atoms with Crippen LogP contribution in [0.4, 0.5) is 0 Å². The Bertz CT molecular complexity index is 284. The summed E-state index contributed by atoms with van der Waals surface area (Å²) in [5.74, 6) is 2.74. The predicted molar refractivity (Wildman–Crippen MR) is 43.4 cm³/mol. The van der Waals surface area contributed by atoms with Crippen molar-refractivity contribution < 1.29 is 4.79 Å². The van der Waals surface area contributed by atoms with Gasteiger partial charge in [-0.3, -0.25) is 9.89 Å². The SMILES string of the molecule is C#CCCCC(=O)c1ncn[nH]1. The number of carbonyl (C=O) groups is 1. The Hall–Kier alpha value is -1.63. The summed E-state index contributed by atoms with van der Waals surface area (Å²) in [7, 11) is 0. The molecule has 0 saturated heterocycles. The number of H-pyrrole nitrogens is 1. The third kappa shape index (κ3) is 2.20. The second kappa shape index (κ2) is 4.29. The minimum absolute atomic E-state index is 0.0391. The lowest BCUT2D eigenvalue weighted by molar-refractivity contribution is 0.0971. The van der Waals surface area contributed by atoms with Crippen LogP contribution in [0.1, 0.15) is 29.9 Å². The predicted octanol–water partition coefficient (Wildman–Crippen LogP) is 0.791. The number of unbranched alkanes of at least 4 members (excludes halogenated alkanes) is 1. The molecule has 1 aromatic heterocycles. The van der Waals surface area contributed by atoms with Gasteiger partial charge in [0.15, 0.2) is 11.6 Å². The van der Waals surface area contributed by atoms with Gasteiger partial charge in [0.05, 0.1) is 0 Å². The number of terminal acetylenes is 1. The smallest absolute Gasteiger partial charge is 0.199 e. The first-order chi connectivity index (χ1) is 5.84. The largest absolute Gasteiger partial charge is 0.291 e. The molecule has 4 nitrogen and oxygen atoms in total. The Morgan fingerprint density at radius 1 is 1.75 bits per heavy atom. The summed E-state index contributed by atoms with van der Waals surface area (Å²) in [6.07, 6.45) is 8.11. The van der Waals surface area contributed by atoms with Crippen LogP contribution in [0.5, 0.6) is 0 Å². The quantitative estimate of drug-likeness (QED) is 0.405. The zero-order valence-corrected chi connectivity index (χ0v) is 6.58. The van der Waals surface area contributed by atoms with E-state index in [1.807, 2.05) is 0 Å². The summed E-state index contributed by atoms with van der Waals surface area (Å²) < 4.78 is 0. The molecule has 12 heavy (non-hydrogen) atoms. The molecule has 4 heteroatoms. The van der Waals surface area contributed by atoms with Crippen LogP contribution in [0.25, 0.3) is 0 Å². The third-order valence-electron chi connectivity index (χ3n) is 1.40. The molecule has 0 radical (unpaired) electrons. The van der Waals surface area contributed by atoms with Crippen LogP contribution in [0, 0.1) is 12.3 Å². The standard InChI is InChI=1S/C8H9N3O/c1-2-3-4-5-7(12)8-9-6-10-11-8/h1,6H,3-5H2,(H,9,10,11). The fourth-order valence-corrected chi connectivity index (χ4v) is 0.809. The van der Waals surface area contributed by atoms with E-state index in [1.165, 1.54) is 6.33 Å². The van der Waals surface area contributed by atoms with Gasteiger partial charge in [-0.15, -0.1) is 12.3 Å². The van der Waals surface area contributed by atoms with E-state index in [1.54, 1.807) is 0 Å². The lowest BCUT2D eigenvalue weighted by Gasteiger charge is -1.92. The van der Waals surface area contributed by atoms with Gasteiger partial charge in [0, 0.05) is 12.8 Å². The molecule has 1 rings (SSSR count). The Labute approximate surface area is 70.4 Å². The zero-order chi connectivity index (χ0) is 8.81. The molecule has 0 aromatic carbocycles. The molecule has 0 unspecified atom stereocenters. The summed E-state index contributed by atoms with van der Waals surface area (Å²) in [5.41, 5.74) is 0. The van der Waals surface area contributed by atoms with Crippen molar-refractivity contribution in [1.82, 2.24) is 15.2 Å². The van der Waals surface area contributed by atoms with E-state index >= 15 is 0 Å². The number of carbonyl (C=O) groups excluding carboxylic acids is 1. The van der Waals surface area contributed by atoms with Crippen molar-refractivity contribution in [2.45, 2.75) is 19.3 Å². The molecule has 1 aromatic rings. The van der Waals surface area contributed by atoms with Crippen LogP contribution in [0.2, 0.25) is 0 Å². The molecule has 0 aliphatic carbocycles. The van der Waals surface area contributed by atoms with Gasteiger partial charge in [-0.25, -0.2) is 4.98 Å². The summed E-state index contributed by atoms with van der Waals surface area (Å²) in [5, 5.41) is 6.08. The molecule has 0 bridgehead atoms. The summed E-state index contributed by atoms with van der Waals surface area (Å²) >= 11 is 0. The Morgan fingerprint density at radius 2 is 2.58 bits per heavy atom. The molecule has 1 heterocycles. The van der Waals surface area contributed by atoms with Crippen LogP contribution in [-0.4, -0.2) is 21.0 Å². The average Bonchev–Trinajstić information content (AvgIpc) is 2.56. The van der Waals surface area contributed by atoms with Crippen LogP contribution in [-0.2, 0) is 0 Å². The topological polar surface area (TPSA) is 58.6 Å². The van der Waals surface area contributed by atoms with Crippen molar-refractivity contribution in [2.24, 2.45) is 0 Å². The highest BCUT2D eigenvalue weighted by Gasteiger charge is 2.06. The molecule has 62 valence electrons. The van der Waals surface area contributed by atoms with Crippen molar-refractivity contribution in [3.63, 3.8) is 0 Å². The van der Waals surface area contributed by atoms with Crippen molar-refractivity contribution >= 4 is 5.78 Å². The number of aromatic amines is 1. The maximum atomic E-state index is 11.2. The van der Waals surface area contributed by atoms with E-state index in [0.29, 0.717) is 25.1 Å². The molecule has 1 N–H and O–H groups in total. The zero-order valence-electron chi connectivity index (χ0n) is 6.58. The normalized spacial score (nSPS) is 9.25. The average molecular weight is 163 g/mol. The van der Waals surface area contributed by atoms with E-state index in [9.17, 15) is 4.79 Å². The van der Waals surface area contributed by atoms with Gasteiger partial charge >= 0.3 is 0 Å². The summed E-state index contributed by atoms with van der Waals surface area (Å²) in [6, 6.07) is 0. The first-order valence-corrected chi connectivity index (χ1v) is 3.66. The number of nitrogens with one attached hydrogen (secondary N) is 1. The number of Topliss-reactive ketones (excluding diaryl/α,β-unsaturated/α-hetero) is 1. The van der Waals surface area contributed by atoms with Gasteiger partial charge in [-0.05, 0) is 6.42 Å². The molecule has 0 saturated carbocycles. The molecule has 0 fully saturated rings. The van der Waals surface area contributed by atoms with Gasteiger partial charge in [-0.2, -0.15) is 5.10 Å². The van der Waals surface area contributed by atoms with Crippen molar-refractivity contribution in [2.75, 3.05) is 0 Å². The van der Waals surface area contributed by atoms with Gasteiger partial charge in [0.25, 0.3) is 0 Å². The molecule has 0 amide bonds. The number of hydrogen-bond acceptors (Lipinski definition) is 3. The van der Waals surface area contributed by atoms with E-state index in [0.717, 1.165) is 0 Å². The second-order valence-corrected chi connectivity index (χ2v) is 2.31. The van der Waals surface area contributed by atoms with Crippen LogP contribution in [0.15, 0.2) is 6.33 Å². The summed E-state index contributed by atoms with van der Waals surface area (Å²) in [6.45, 7) is 0. The van der Waals surface area contributed by atoms with Crippen LogP contribution < -0.4 is 0 Å². The molecular weight excluding hydrogens is 154 g/mol. The fraction of sp³-hybridized carbons (Fsp3) is 0.375. The highest BCUT2D eigenvalue weighted by atomic mass is 16.1. The summed E-state index contributed by atoms with van der Waals surface area (Å²) in [4.78, 5) is 14.9. The highest BCUT2D eigenvalue weighted by molar-refractivity contribution is 5.92. The molecule has 0 aliphatic rings. The van der Waals surface area contributed by atoms with E-state index in [-0.39, 0.29) is 5.78 Å². The molecular formula is C8H9N3O. The third-order valence-corrected chi connectivity index (χ3v) is 1.40. The van der Waals surface area contributed by atoms with Gasteiger partial charge < -0.3 is 0 Å². The minimum Gasteiger partial charge on any atom is -0.291 e. The lowest BCUT2D eigenvalue weighted by Crippen LogP contribution is -2.01. The van der Waals surface area contributed by atoms with Crippen LogP contribution >= 0.6 is 0 Å². The van der Waals surface area contributed by atoms with Crippen molar-refractivity contribution in [1.29, 1.82) is 0 Å².